The predicted octanol–water partition coefficient (Wildman–Crippen LogP) is 10.4. The summed E-state index contributed by atoms with van der Waals surface area (Å²) in [4.78, 5) is 37.8. The zero-order valence-electron chi connectivity index (χ0n) is 33.5. The van der Waals surface area contributed by atoms with Gasteiger partial charge in [-0.1, -0.05) is 98.6 Å². The molecule has 10 atom stereocenters. The molecular weight excluding hydrogens is 622 g/mol. The number of ether oxygens (including phenoxy) is 2. The number of hydrogen-bond donors (Lipinski definition) is 1. The van der Waals surface area contributed by atoms with Gasteiger partial charge in [0.2, 0.25) is 5.91 Å². The lowest BCUT2D eigenvalue weighted by Crippen LogP contribution is -2.66. The van der Waals surface area contributed by atoms with Crippen LogP contribution in [0.5, 0.6) is 0 Å². The van der Waals surface area contributed by atoms with Crippen LogP contribution in [0, 0.1) is 56.7 Å². The average Bonchev–Trinajstić information content (AvgIpc) is 3.06. The van der Waals surface area contributed by atoms with Crippen molar-refractivity contribution >= 4 is 17.8 Å². The molecule has 1 N–H and O–H groups in total. The summed E-state index contributed by atoms with van der Waals surface area (Å²) in [5.74, 6) is 2.66. The van der Waals surface area contributed by atoms with Gasteiger partial charge < -0.3 is 14.8 Å². The molecule has 0 radical (unpaired) electrons. The number of amides is 1. The standard InChI is InChI=1S/C44H73NO5/c1-30-21-26-44(39(48)45-29-17-15-13-11-10-12-14-16-18-37(47)49-9)28-27-42(7)33(38(44)31(30)2)19-20-35-41(6)24-23-36(50-32(3)46)40(4,5)34(41)22-25-43(35,42)8/h19,30-31,34-36,38H,10-18,20-29H2,1-9H3,(H,45,48)/t30-,31+,34+,35-,36+,38+,41+,42-,43-,44+/m1/s1. The van der Waals surface area contributed by atoms with E-state index in [9.17, 15) is 14.4 Å². The largest absolute Gasteiger partial charge is 0.469 e. The van der Waals surface area contributed by atoms with Crippen LogP contribution in [-0.4, -0.2) is 37.6 Å². The fraction of sp³-hybridized carbons (Fsp3) is 0.886. The monoisotopic (exact) mass is 696 g/mol. The van der Waals surface area contributed by atoms with Crippen molar-refractivity contribution in [3.63, 3.8) is 0 Å². The zero-order valence-corrected chi connectivity index (χ0v) is 33.5. The van der Waals surface area contributed by atoms with Crippen LogP contribution in [0.1, 0.15) is 171 Å². The fourth-order valence-corrected chi connectivity index (χ4v) is 13.2. The Bertz CT molecular complexity index is 1270. The van der Waals surface area contributed by atoms with Crippen LogP contribution in [-0.2, 0) is 23.9 Å². The van der Waals surface area contributed by atoms with E-state index in [1.54, 1.807) is 12.5 Å². The minimum Gasteiger partial charge on any atom is -0.469 e. The van der Waals surface area contributed by atoms with E-state index < -0.39 is 0 Å². The van der Waals surface area contributed by atoms with Crippen molar-refractivity contribution in [1.82, 2.24) is 5.32 Å². The number of rotatable bonds is 13. The van der Waals surface area contributed by atoms with E-state index >= 15 is 0 Å². The molecule has 5 rings (SSSR count). The van der Waals surface area contributed by atoms with Crippen molar-refractivity contribution in [3.8, 4) is 0 Å². The first-order chi connectivity index (χ1) is 23.6. The van der Waals surface area contributed by atoms with Crippen LogP contribution in [0.25, 0.3) is 0 Å². The van der Waals surface area contributed by atoms with E-state index in [0.29, 0.717) is 41.9 Å². The van der Waals surface area contributed by atoms with Crippen LogP contribution in [0.15, 0.2) is 11.6 Å². The second-order valence-corrected chi connectivity index (χ2v) is 19.2. The number of allylic oxidation sites excluding steroid dienone is 2. The number of fused-ring (bicyclic) bond motifs is 7. The Labute approximate surface area is 305 Å². The molecule has 284 valence electrons. The Hall–Kier alpha value is -1.85. The number of methoxy groups -OCH3 is 1. The lowest BCUT2D eigenvalue weighted by Gasteiger charge is -2.71. The summed E-state index contributed by atoms with van der Waals surface area (Å²) < 4.78 is 10.7. The molecule has 50 heavy (non-hydrogen) atoms. The van der Waals surface area contributed by atoms with Crippen molar-refractivity contribution < 1.29 is 23.9 Å². The molecule has 4 fully saturated rings. The third-order valence-corrected chi connectivity index (χ3v) is 16.5. The molecular formula is C44H73NO5. The van der Waals surface area contributed by atoms with Gasteiger partial charge in [-0.05, 0) is 116 Å². The van der Waals surface area contributed by atoms with Gasteiger partial charge in [0.25, 0.3) is 0 Å². The molecule has 6 heteroatoms. The van der Waals surface area contributed by atoms with Gasteiger partial charge in [0, 0.05) is 25.3 Å². The third-order valence-electron chi connectivity index (χ3n) is 16.5. The highest BCUT2D eigenvalue weighted by molar-refractivity contribution is 5.84. The van der Waals surface area contributed by atoms with E-state index in [1.165, 1.54) is 45.6 Å². The summed E-state index contributed by atoms with van der Waals surface area (Å²) in [5, 5.41) is 3.51. The summed E-state index contributed by atoms with van der Waals surface area (Å²) >= 11 is 0. The molecule has 5 aliphatic rings. The van der Waals surface area contributed by atoms with Crippen LogP contribution < -0.4 is 5.32 Å². The van der Waals surface area contributed by atoms with Crippen molar-refractivity contribution in [3.05, 3.63) is 11.6 Å². The van der Waals surface area contributed by atoms with Crippen LogP contribution in [0.2, 0.25) is 0 Å². The quantitative estimate of drug-likeness (QED) is 0.118. The maximum Gasteiger partial charge on any atom is 0.305 e. The number of carbonyl (C=O) groups is 3. The lowest BCUT2D eigenvalue weighted by molar-refractivity contribution is -0.212. The maximum absolute atomic E-state index is 14.5. The lowest BCUT2D eigenvalue weighted by atomic mass is 9.33. The van der Waals surface area contributed by atoms with Gasteiger partial charge in [-0.15, -0.1) is 0 Å². The number of hydrogen-bond acceptors (Lipinski definition) is 5. The minimum atomic E-state index is -0.282. The number of unbranched alkanes of at least 4 members (excludes halogenated alkanes) is 7. The van der Waals surface area contributed by atoms with Crippen LogP contribution in [0.4, 0.5) is 0 Å². The van der Waals surface area contributed by atoms with E-state index in [-0.39, 0.29) is 45.1 Å². The highest BCUT2D eigenvalue weighted by Crippen LogP contribution is 2.75. The van der Waals surface area contributed by atoms with Gasteiger partial charge in [0.1, 0.15) is 6.10 Å². The third kappa shape index (κ3) is 6.85. The molecule has 0 spiro atoms. The first-order valence-corrected chi connectivity index (χ1v) is 20.8. The number of esters is 2. The number of nitrogens with one attached hydrogen (secondary N) is 1. The molecule has 0 aliphatic heterocycles. The Morgan fingerprint density at radius 1 is 0.800 bits per heavy atom. The first kappa shape index (κ1) is 39.4. The Balaban J connectivity index is 1.25. The van der Waals surface area contributed by atoms with Gasteiger partial charge in [0.05, 0.1) is 12.5 Å². The summed E-state index contributed by atoms with van der Waals surface area (Å²) in [6.45, 7) is 19.8. The van der Waals surface area contributed by atoms with Crippen LogP contribution in [0.3, 0.4) is 0 Å². The highest BCUT2D eigenvalue weighted by atomic mass is 16.5. The topological polar surface area (TPSA) is 81.7 Å². The summed E-state index contributed by atoms with van der Waals surface area (Å²) in [7, 11) is 1.46. The molecule has 4 saturated carbocycles. The summed E-state index contributed by atoms with van der Waals surface area (Å²) in [6, 6.07) is 0. The molecule has 6 nitrogen and oxygen atoms in total. The molecule has 0 aromatic heterocycles. The van der Waals surface area contributed by atoms with Gasteiger partial charge in [-0.2, -0.15) is 0 Å². The maximum atomic E-state index is 14.5. The smallest absolute Gasteiger partial charge is 0.305 e. The van der Waals surface area contributed by atoms with Crippen LogP contribution >= 0.6 is 0 Å². The van der Waals surface area contributed by atoms with Crippen molar-refractivity contribution in [2.24, 2.45) is 56.7 Å². The molecule has 0 heterocycles. The fourth-order valence-electron chi connectivity index (χ4n) is 13.2. The molecule has 0 aromatic carbocycles. The molecule has 0 unspecified atom stereocenters. The van der Waals surface area contributed by atoms with E-state index in [1.807, 2.05) is 0 Å². The molecule has 0 saturated heterocycles. The van der Waals surface area contributed by atoms with Gasteiger partial charge >= 0.3 is 11.9 Å². The second-order valence-electron chi connectivity index (χ2n) is 19.2. The number of carbonyl (C=O) groups excluding carboxylic acids is 3. The van der Waals surface area contributed by atoms with Crippen molar-refractivity contribution in [2.45, 2.75) is 177 Å². The molecule has 0 bridgehead atoms. The summed E-state index contributed by atoms with van der Waals surface area (Å²) in [5.41, 5.74) is 1.82. The van der Waals surface area contributed by atoms with E-state index in [4.69, 9.17) is 9.47 Å². The molecule has 5 aliphatic carbocycles. The van der Waals surface area contributed by atoms with Gasteiger partial charge in [-0.25, -0.2) is 0 Å². The van der Waals surface area contributed by atoms with Gasteiger partial charge in [-0.3, -0.25) is 14.4 Å². The first-order valence-electron chi connectivity index (χ1n) is 20.8. The van der Waals surface area contributed by atoms with Crippen molar-refractivity contribution in [2.75, 3.05) is 13.7 Å². The Morgan fingerprint density at radius 2 is 1.46 bits per heavy atom. The van der Waals surface area contributed by atoms with E-state index in [2.05, 4.69) is 59.9 Å². The van der Waals surface area contributed by atoms with Crippen molar-refractivity contribution in [1.29, 1.82) is 0 Å². The molecule has 0 aromatic rings. The minimum absolute atomic E-state index is 0.00138. The Kier molecular flexibility index (Phi) is 12.0. The SMILES string of the molecule is COC(=O)CCCCCCCCCCNC(=O)[C@]12CC[C@@H](C)[C@H](C)[C@H]1C1=CC[C@@H]3[C@@]4(C)CC[C@H](OC(C)=O)C(C)(C)[C@@H]4CC[C@@]3(C)[C@]1(C)CC2. The molecule has 1 amide bonds. The second kappa shape index (κ2) is 15.2. The Morgan fingerprint density at radius 3 is 2.12 bits per heavy atom. The highest BCUT2D eigenvalue weighted by Gasteiger charge is 2.69. The summed E-state index contributed by atoms with van der Waals surface area (Å²) in [6.07, 6.45) is 22.2. The zero-order chi connectivity index (χ0) is 36.5. The average molecular weight is 696 g/mol. The van der Waals surface area contributed by atoms with E-state index in [0.717, 1.165) is 77.2 Å². The predicted molar refractivity (Wildman–Crippen MR) is 201 cm³/mol. The normalized spacial score (nSPS) is 40.2. The van der Waals surface area contributed by atoms with Gasteiger partial charge in [0.15, 0.2) is 0 Å².